The Labute approximate surface area is 122 Å². The summed E-state index contributed by atoms with van der Waals surface area (Å²) in [7, 11) is 0. The topological polar surface area (TPSA) is 78.8 Å². The maximum Gasteiger partial charge on any atom is 0.174 e. The second-order valence-corrected chi connectivity index (χ2v) is 6.27. The van der Waals surface area contributed by atoms with Gasteiger partial charge in [-0.1, -0.05) is 13.0 Å². The van der Waals surface area contributed by atoms with Gasteiger partial charge in [-0.15, -0.1) is 0 Å². The predicted molar refractivity (Wildman–Crippen MR) is 75.6 cm³/mol. The number of aliphatic hydroxyl groups is 1. The fourth-order valence-corrected chi connectivity index (χ4v) is 4.29. The van der Waals surface area contributed by atoms with E-state index < -0.39 is 11.7 Å². The number of carbonyl (C=O) groups excluding carboxylic acids is 1. The van der Waals surface area contributed by atoms with Crippen LogP contribution in [-0.4, -0.2) is 40.3 Å². The quantitative estimate of drug-likeness (QED) is 0.753. The lowest BCUT2D eigenvalue weighted by atomic mass is 9.62. The summed E-state index contributed by atoms with van der Waals surface area (Å²) in [6.07, 6.45) is 0.798. The third kappa shape index (κ3) is 1.56. The summed E-state index contributed by atoms with van der Waals surface area (Å²) in [6.45, 7) is 2.77. The molecule has 1 aliphatic heterocycles. The smallest absolute Gasteiger partial charge is 0.174 e. The first kappa shape index (κ1) is 13.1. The SMILES string of the molecule is CCNC1Cc2ccc(O)c3c2C2[C@@H](O3)C(=O)CC[C@@]12O. The predicted octanol–water partition coefficient (Wildman–Crippen LogP) is 0.865. The molecule has 0 amide bonds. The molecule has 1 fully saturated rings. The highest BCUT2D eigenvalue weighted by atomic mass is 16.5. The molecule has 5 nitrogen and oxygen atoms in total. The van der Waals surface area contributed by atoms with Crippen LogP contribution in [0, 0.1) is 0 Å². The molecular weight excluding hydrogens is 270 g/mol. The zero-order valence-electron chi connectivity index (χ0n) is 11.9. The van der Waals surface area contributed by atoms with Gasteiger partial charge in [-0.3, -0.25) is 4.79 Å². The van der Waals surface area contributed by atoms with E-state index in [2.05, 4.69) is 5.32 Å². The van der Waals surface area contributed by atoms with Crippen molar-refractivity contribution >= 4 is 5.78 Å². The van der Waals surface area contributed by atoms with Crippen molar-refractivity contribution < 1.29 is 19.7 Å². The summed E-state index contributed by atoms with van der Waals surface area (Å²) < 4.78 is 5.75. The van der Waals surface area contributed by atoms with E-state index in [0.29, 0.717) is 25.0 Å². The van der Waals surface area contributed by atoms with E-state index in [1.54, 1.807) is 6.07 Å². The van der Waals surface area contributed by atoms with Gasteiger partial charge in [-0.2, -0.15) is 0 Å². The number of Topliss-reactive ketones (excluding diaryl/α,β-unsaturated/α-hetero) is 1. The summed E-state index contributed by atoms with van der Waals surface area (Å²) in [5.74, 6) is 0.100. The molecule has 0 saturated heterocycles. The molecule has 21 heavy (non-hydrogen) atoms. The van der Waals surface area contributed by atoms with Crippen molar-refractivity contribution in [1.29, 1.82) is 0 Å². The molecular formula is C16H19NO4. The minimum atomic E-state index is -0.985. The van der Waals surface area contributed by atoms with E-state index in [-0.39, 0.29) is 23.5 Å². The van der Waals surface area contributed by atoms with Gasteiger partial charge >= 0.3 is 0 Å². The third-order valence-corrected chi connectivity index (χ3v) is 5.23. The molecule has 1 saturated carbocycles. The van der Waals surface area contributed by atoms with Gasteiger partial charge in [0.15, 0.2) is 23.4 Å². The van der Waals surface area contributed by atoms with Gasteiger partial charge in [0.05, 0.1) is 11.5 Å². The Morgan fingerprint density at radius 3 is 3.05 bits per heavy atom. The number of phenols is 1. The number of nitrogens with one attached hydrogen (secondary N) is 1. The average Bonchev–Trinajstić information content (AvgIpc) is 2.88. The van der Waals surface area contributed by atoms with E-state index in [4.69, 9.17) is 4.74 Å². The zero-order valence-corrected chi connectivity index (χ0v) is 11.9. The van der Waals surface area contributed by atoms with Crippen molar-refractivity contribution in [2.75, 3.05) is 6.54 Å². The van der Waals surface area contributed by atoms with E-state index in [9.17, 15) is 15.0 Å². The Balaban J connectivity index is 1.92. The number of ether oxygens (including phenoxy) is 1. The lowest BCUT2D eigenvalue weighted by molar-refractivity contribution is -0.141. The van der Waals surface area contributed by atoms with Crippen LogP contribution in [0.1, 0.15) is 36.8 Å². The van der Waals surface area contributed by atoms with Crippen molar-refractivity contribution in [2.45, 2.75) is 49.9 Å². The Hall–Kier alpha value is -1.59. The van der Waals surface area contributed by atoms with Gasteiger partial charge in [0.25, 0.3) is 0 Å². The highest BCUT2D eigenvalue weighted by molar-refractivity contribution is 5.88. The second kappa shape index (κ2) is 4.21. The Kier molecular flexibility index (Phi) is 2.63. The highest BCUT2D eigenvalue weighted by Crippen LogP contribution is 2.57. The average molecular weight is 289 g/mol. The number of likely N-dealkylation sites (N-methyl/N-ethyl adjacent to an activating group) is 1. The van der Waals surface area contributed by atoms with E-state index in [0.717, 1.165) is 17.7 Å². The van der Waals surface area contributed by atoms with Crippen molar-refractivity contribution in [3.05, 3.63) is 23.3 Å². The lowest BCUT2D eigenvalue weighted by Gasteiger charge is -2.48. The maximum absolute atomic E-state index is 12.2. The number of phenolic OH excluding ortho intramolecular Hbond substituents is 1. The Morgan fingerprint density at radius 1 is 1.48 bits per heavy atom. The molecule has 1 heterocycles. The number of benzene rings is 1. The molecule has 3 aliphatic rings. The fourth-order valence-electron chi connectivity index (χ4n) is 4.29. The van der Waals surface area contributed by atoms with Crippen LogP contribution in [0.5, 0.6) is 11.5 Å². The molecule has 0 spiro atoms. The van der Waals surface area contributed by atoms with Crippen LogP contribution < -0.4 is 10.1 Å². The molecule has 4 atom stereocenters. The van der Waals surface area contributed by atoms with E-state index in [1.807, 2.05) is 13.0 Å². The molecule has 0 bridgehead atoms. The molecule has 1 aromatic rings. The third-order valence-electron chi connectivity index (χ3n) is 5.23. The Morgan fingerprint density at radius 2 is 2.29 bits per heavy atom. The standard InChI is InChI=1S/C16H19NO4/c1-2-17-11-7-8-3-4-9(18)14-12(8)13-15(21-14)10(19)5-6-16(11,13)20/h3-4,11,13,15,17-18,20H,2,5-7H2,1H3/t11?,13?,15-,16+/m0/s1. The zero-order chi connectivity index (χ0) is 14.8. The van der Waals surface area contributed by atoms with Gasteiger partial charge in [0, 0.05) is 18.0 Å². The minimum absolute atomic E-state index is 0.0170. The number of aromatic hydroxyl groups is 1. The van der Waals surface area contributed by atoms with Crippen molar-refractivity contribution in [1.82, 2.24) is 5.32 Å². The first-order valence-electron chi connectivity index (χ1n) is 7.56. The molecule has 1 aromatic carbocycles. The van der Waals surface area contributed by atoms with Gasteiger partial charge < -0.3 is 20.3 Å². The molecule has 3 N–H and O–H groups in total. The molecule has 0 radical (unpaired) electrons. The summed E-state index contributed by atoms with van der Waals surface area (Å²) in [6, 6.07) is 3.40. The summed E-state index contributed by atoms with van der Waals surface area (Å²) >= 11 is 0. The van der Waals surface area contributed by atoms with Crippen LogP contribution in [0.4, 0.5) is 0 Å². The van der Waals surface area contributed by atoms with Gasteiger partial charge in [0.1, 0.15) is 0 Å². The van der Waals surface area contributed by atoms with Crippen LogP contribution in [0.25, 0.3) is 0 Å². The fraction of sp³-hybridized carbons (Fsp3) is 0.562. The summed E-state index contributed by atoms with van der Waals surface area (Å²) in [4.78, 5) is 12.2. The van der Waals surface area contributed by atoms with Gasteiger partial charge in [-0.05, 0) is 31.0 Å². The lowest BCUT2D eigenvalue weighted by Crippen LogP contribution is -2.63. The molecule has 5 heteroatoms. The number of carbonyl (C=O) groups is 1. The monoisotopic (exact) mass is 289 g/mol. The molecule has 112 valence electrons. The van der Waals surface area contributed by atoms with Gasteiger partial charge in [0.2, 0.25) is 0 Å². The van der Waals surface area contributed by atoms with Crippen LogP contribution in [-0.2, 0) is 11.2 Å². The number of rotatable bonds is 2. The van der Waals surface area contributed by atoms with Crippen molar-refractivity contribution in [2.24, 2.45) is 0 Å². The number of hydrogen-bond donors (Lipinski definition) is 3. The summed E-state index contributed by atoms with van der Waals surface area (Å²) in [5, 5.41) is 24.6. The summed E-state index contributed by atoms with van der Waals surface area (Å²) in [5.41, 5.74) is 0.908. The molecule has 2 aliphatic carbocycles. The minimum Gasteiger partial charge on any atom is -0.504 e. The molecule has 4 rings (SSSR count). The van der Waals surface area contributed by atoms with Crippen LogP contribution in [0.15, 0.2) is 12.1 Å². The molecule has 0 aromatic heterocycles. The molecule has 2 unspecified atom stereocenters. The highest BCUT2D eigenvalue weighted by Gasteiger charge is 2.60. The van der Waals surface area contributed by atoms with E-state index >= 15 is 0 Å². The first-order chi connectivity index (χ1) is 10.1. The van der Waals surface area contributed by atoms with Crippen molar-refractivity contribution in [3.63, 3.8) is 0 Å². The van der Waals surface area contributed by atoms with Gasteiger partial charge in [-0.25, -0.2) is 0 Å². The Bertz CT molecular complexity index is 629. The van der Waals surface area contributed by atoms with Crippen LogP contribution in [0.3, 0.4) is 0 Å². The maximum atomic E-state index is 12.2. The van der Waals surface area contributed by atoms with E-state index in [1.165, 1.54) is 0 Å². The first-order valence-corrected chi connectivity index (χ1v) is 7.56. The normalized spacial score (nSPS) is 36.3. The van der Waals surface area contributed by atoms with Crippen LogP contribution in [0.2, 0.25) is 0 Å². The second-order valence-electron chi connectivity index (χ2n) is 6.27. The number of ketones is 1. The van der Waals surface area contributed by atoms with Crippen LogP contribution >= 0.6 is 0 Å². The number of hydrogen-bond acceptors (Lipinski definition) is 5. The largest absolute Gasteiger partial charge is 0.504 e. The van der Waals surface area contributed by atoms with Crippen molar-refractivity contribution in [3.8, 4) is 11.5 Å².